The fourth-order valence-corrected chi connectivity index (χ4v) is 12.7. The SMILES string of the molecule is c1ccc2c(-c3c4ccccc4c(-c4ccc5oc6c7cccc8ccc9cccc(c6c5c4)c9c87)c4ccccc34)c3ccccc3c(-c3ccc(-n4c5ccccc5c5ccccc54)cc3)c2c1. The molecule has 16 aromatic rings. The van der Waals surface area contributed by atoms with Crippen LogP contribution in [0.15, 0.2) is 241 Å². The lowest BCUT2D eigenvalue weighted by Crippen LogP contribution is -1.95. The Balaban J connectivity index is 0.935. The van der Waals surface area contributed by atoms with Crippen LogP contribution in [0.3, 0.4) is 0 Å². The van der Waals surface area contributed by atoms with Gasteiger partial charge in [0.2, 0.25) is 0 Å². The molecular formula is C68H39NO. The van der Waals surface area contributed by atoms with Gasteiger partial charge in [0.15, 0.2) is 0 Å². The summed E-state index contributed by atoms with van der Waals surface area (Å²) in [5.41, 5.74) is 12.8. The normalized spacial score (nSPS) is 12.3. The molecular weight excluding hydrogens is 847 g/mol. The lowest BCUT2D eigenvalue weighted by Gasteiger charge is -2.22. The van der Waals surface area contributed by atoms with Crippen molar-refractivity contribution in [3.63, 3.8) is 0 Å². The third-order valence-corrected chi connectivity index (χ3v) is 15.5. The highest BCUT2D eigenvalue weighted by molar-refractivity contribution is 6.37. The Labute approximate surface area is 401 Å². The minimum atomic E-state index is 0.903. The third kappa shape index (κ3) is 5.06. The number of nitrogens with zero attached hydrogens (tertiary/aromatic N) is 1. The summed E-state index contributed by atoms with van der Waals surface area (Å²) in [6, 6.07) is 87.6. The summed E-state index contributed by atoms with van der Waals surface area (Å²) < 4.78 is 9.28. The molecule has 2 aromatic heterocycles. The Morgan fingerprint density at radius 2 is 0.657 bits per heavy atom. The van der Waals surface area contributed by atoms with E-state index in [9.17, 15) is 0 Å². The Kier molecular flexibility index (Phi) is 7.64. The lowest BCUT2D eigenvalue weighted by atomic mass is 9.81. The number of rotatable bonds is 4. The molecule has 2 heterocycles. The van der Waals surface area contributed by atoms with Gasteiger partial charge in [-0.3, -0.25) is 0 Å². The van der Waals surface area contributed by atoms with Crippen molar-refractivity contribution in [1.29, 1.82) is 0 Å². The second kappa shape index (κ2) is 14.1. The fourth-order valence-electron chi connectivity index (χ4n) is 12.7. The predicted octanol–water partition coefficient (Wildman–Crippen LogP) is 19.2. The molecule has 322 valence electrons. The first-order chi connectivity index (χ1) is 34.8. The Morgan fingerprint density at radius 3 is 1.17 bits per heavy atom. The van der Waals surface area contributed by atoms with Gasteiger partial charge in [0, 0.05) is 38.0 Å². The van der Waals surface area contributed by atoms with Crippen LogP contribution in [0.1, 0.15) is 0 Å². The quantitative estimate of drug-likeness (QED) is 0.127. The molecule has 0 amide bonds. The van der Waals surface area contributed by atoms with Crippen LogP contribution in [0.25, 0.3) is 158 Å². The van der Waals surface area contributed by atoms with Crippen LogP contribution < -0.4 is 0 Å². The number of benzene rings is 14. The molecule has 0 radical (unpaired) electrons. The molecule has 0 atom stereocenters. The molecule has 0 fully saturated rings. The van der Waals surface area contributed by atoms with Crippen molar-refractivity contribution in [1.82, 2.24) is 4.57 Å². The molecule has 0 aliphatic rings. The number of hydrogen-bond acceptors (Lipinski definition) is 1. The van der Waals surface area contributed by atoms with Gasteiger partial charge in [0.25, 0.3) is 0 Å². The van der Waals surface area contributed by atoms with E-state index in [1.54, 1.807) is 0 Å². The van der Waals surface area contributed by atoms with Crippen molar-refractivity contribution < 1.29 is 4.42 Å². The standard InChI is InChI=1S/C68H39NO/c1-5-23-51-47(19-1)61(42-33-36-44(37-34-42)69-58-29-11-9-17-45(58)46-18-10-12-30-59(46)69)48-20-2-6-24-52(48)65(51)66-53-25-7-3-21-49(53)62(50-22-4-8-26-54(50)66)43-35-38-60-57(39-43)67-55-27-13-15-40-31-32-41-16-14-28-56(68(67)70-60)64(41)63(40)55/h1-39H. The molecule has 16 rings (SSSR count). The molecule has 0 N–H and O–H groups in total. The van der Waals surface area contributed by atoms with Gasteiger partial charge in [-0.15, -0.1) is 0 Å². The van der Waals surface area contributed by atoms with Crippen LogP contribution in [0.5, 0.6) is 0 Å². The minimum Gasteiger partial charge on any atom is -0.455 e. The Hall–Kier alpha value is -9.24. The average Bonchev–Trinajstić information content (AvgIpc) is 3.98. The summed E-state index contributed by atoms with van der Waals surface area (Å²) in [5.74, 6) is 0. The summed E-state index contributed by atoms with van der Waals surface area (Å²) in [5, 5.41) is 22.2. The van der Waals surface area contributed by atoms with Crippen LogP contribution in [-0.2, 0) is 0 Å². The average molecular weight is 886 g/mol. The maximum absolute atomic E-state index is 6.89. The summed E-state index contributed by atoms with van der Waals surface area (Å²) in [7, 11) is 0. The summed E-state index contributed by atoms with van der Waals surface area (Å²) >= 11 is 0. The van der Waals surface area contributed by atoms with Gasteiger partial charge in [0.05, 0.1) is 11.0 Å². The first-order valence-electron chi connectivity index (χ1n) is 24.3. The van der Waals surface area contributed by atoms with Crippen molar-refractivity contribution >= 4 is 119 Å². The topological polar surface area (TPSA) is 18.1 Å². The monoisotopic (exact) mass is 885 g/mol. The van der Waals surface area contributed by atoms with Gasteiger partial charge in [-0.05, 0) is 134 Å². The van der Waals surface area contributed by atoms with Gasteiger partial charge in [-0.2, -0.15) is 0 Å². The van der Waals surface area contributed by atoms with E-state index in [1.807, 2.05) is 0 Å². The second-order valence-electron chi connectivity index (χ2n) is 19.0. The minimum absolute atomic E-state index is 0.903. The molecule has 0 bridgehead atoms. The van der Waals surface area contributed by atoms with Crippen molar-refractivity contribution in [3.05, 3.63) is 237 Å². The third-order valence-electron chi connectivity index (χ3n) is 15.5. The van der Waals surface area contributed by atoms with Gasteiger partial charge in [-0.25, -0.2) is 0 Å². The van der Waals surface area contributed by atoms with Gasteiger partial charge in [-0.1, -0.05) is 200 Å². The molecule has 0 aliphatic heterocycles. The Bertz CT molecular complexity index is 4710. The van der Waals surface area contributed by atoms with E-state index in [-0.39, 0.29) is 0 Å². The van der Waals surface area contributed by atoms with E-state index in [2.05, 4.69) is 241 Å². The van der Waals surface area contributed by atoms with E-state index < -0.39 is 0 Å². The summed E-state index contributed by atoms with van der Waals surface area (Å²) in [6.07, 6.45) is 0. The van der Waals surface area contributed by atoms with E-state index in [0.29, 0.717) is 0 Å². The molecule has 0 spiro atoms. The zero-order valence-electron chi connectivity index (χ0n) is 37.9. The summed E-state index contributed by atoms with van der Waals surface area (Å²) in [6.45, 7) is 0. The molecule has 70 heavy (non-hydrogen) atoms. The van der Waals surface area contributed by atoms with E-state index in [0.717, 1.165) is 27.6 Å². The number of aromatic nitrogens is 1. The summed E-state index contributed by atoms with van der Waals surface area (Å²) in [4.78, 5) is 0. The molecule has 0 unspecified atom stereocenters. The predicted molar refractivity (Wildman–Crippen MR) is 298 cm³/mol. The first kappa shape index (κ1) is 37.8. The second-order valence-corrected chi connectivity index (χ2v) is 19.0. The lowest BCUT2D eigenvalue weighted by molar-refractivity contribution is 0.673. The van der Waals surface area contributed by atoms with Crippen molar-refractivity contribution in [2.45, 2.75) is 0 Å². The zero-order valence-corrected chi connectivity index (χ0v) is 37.9. The van der Waals surface area contributed by atoms with E-state index in [1.165, 1.54) is 131 Å². The number of hydrogen-bond donors (Lipinski definition) is 0. The van der Waals surface area contributed by atoms with Crippen molar-refractivity contribution in [2.24, 2.45) is 0 Å². The van der Waals surface area contributed by atoms with Crippen LogP contribution in [0, 0.1) is 0 Å². The molecule has 2 nitrogen and oxygen atoms in total. The molecule has 0 aliphatic carbocycles. The maximum Gasteiger partial charge on any atom is 0.143 e. The van der Waals surface area contributed by atoms with Gasteiger partial charge >= 0.3 is 0 Å². The van der Waals surface area contributed by atoms with Crippen LogP contribution in [0.2, 0.25) is 0 Å². The maximum atomic E-state index is 6.89. The molecule has 0 saturated heterocycles. The highest BCUT2D eigenvalue weighted by atomic mass is 16.3. The highest BCUT2D eigenvalue weighted by Crippen LogP contribution is 2.51. The number of furan rings is 1. The zero-order chi connectivity index (χ0) is 45.6. The smallest absolute Gasteiger partial charge is 0.143 e. The van der Waals surface area contributed by atoms with Crippen LogP contribution in [0.4, 0.5) is 0 Å². The van der Waals surface area contributed by atoms with Crippen molar-refractivity contribution in [2.75, 3.05) is 0 Å². The van der Waals surface area contributed by atoms with Crippen molar-refractivity contribution in [3.8, 4) is 39.1 Å². The molecule has 14 aromatic carbocycles. The molecule has 2 heteroatoms. The number of para-hydroxylation sites is 2. The molecule has 0 saturated carbocycles. The fraction of sp³-hybridized carbons (Fsp3) is 0. The van der Waals surface area contributed by atoms with Gasteiger partial charge in [0.1, 0.15) is 11.2 Å². The van der Waals surface area contributed by atoms with Crippen LogP contribution in [-0.4, -0.2) is 4.57 Å². The number of fused-ring (bicyclic) bond motifs is 12. The van der Waals surface area contributed by atoms with E-state index in [4.69, 9.17) is 4.42 Å². The van der Waals surface area contributed by atoms with Crippen LogP contribution >= 0.6 is 0 Å². The first-order valence-corrected chi connectivity index (χ1v) is 24.3. The Morgan fingerprint density at radius 1 is 0.257 bits per heavy atom. The largest absolute Gasteiger partial charge is 0.455 e. The van der Waals surface area contributed by atoms with Gasteiger partial charge < -0.3 is 8.98 Å². The van der Waals surface area contributed by atoms with E-state index >= 15 is 0 Å². The highest BCUT2D eigenvalue weighted by Gasteiger charge is 2.24.